The normalized spacial score (nSPS) is 11.7. The van der Waals surface area contributed by atoms with Crippen LogP contribution in [0.1, 0.15) is 0 Å². The van der Waals surface area contributed by atoms with Crippen LogP contribution in [0.25, 0.3) is 53.5 Å². The van der Waals surface area contributed by atoms with E-state index in [1.807, 2.05) is 76.9 Å². The molecule has 0 spiro atoms. The highest BCUT2D eigenvalue weighted by Crippen LogP contribution is 2.43. The molecule has 0 unspecified atom stereocenters. The minimum absolute atomic E-state index is 0.754. The van der Waals surface area contributed by atoms with Crippen LogP contribution < -0.4 is 4.74 Å². The Labute approximate surface area is 221 Å². The lowest BCUT2D eigenvalue weighted by atomic mass is 10.1. The number of rotatable bonds is 4. The molecular weight excluding hydrogens is 488 g/mol. The van der Waals surface area contributed by atoms with Gasteiger partial charge in [0.2, 0.25) is 0 Å². The Morgan fingerprint density at radius 2 is 1.55 bits per heavy atom. The third-order valence-corrected chi connectivity index (χ3v) is 8.08. The number of fused-ring (bicyclic) bond motifs is 7. The van der Waals surface area contributed by atoms with Crippen LogP contribution in [0.15, 0.2) is 122 Å². The van der Waals surface area contributed by atoms with E-state index in [-0.39, 0.29) is 0 Å². The molecule has 4 aromatic carbocycles. The average Bonchev–Trinajstić information content (AvgIpc) is 3.69. The van der Waals surface area contributed by atoms with Gasteiger partial charge in [0.1, 0.15) is 17.3 Å². The molecule has 38 heavy (non-hydrogen) atoms. The topological polar surface area (TPSA) is 44.9 Å². The van der Waals surface area contributed by atoms with Gasteiger partial charge >= 0.3 is 0 Å². The second kappa shape index (κ2) is 8.30. The predicted molar refractivity (Wildman–Crippen MR) is 155 cm³/mol. The largest absolute Gasteiger partial charge is 0.457 e. The first-order valence-electron chi connectivity index (χ1n) is 12.4. The number of benzene rings is 4. The molecule has 0 bridgehead atoms. The first-order chi connectivity index (χ1) is 18.8. The summed E-state index contributed by atoms with van der Waals surface area (Å²) in [6, 6.07) is 35.3. The lowest BCUT2D eigenvalue weighted by molar-refractivity contribution is 0.483. The van der Waals surface area contributed by atoms with Gasteiger partial charge in [-0.15, -0.1) is 11.3 Å². The van der Waals surface area contributed by atoms with Gasteiger partial charge in [0.15, 0.2) is 0 Å². The van der Waals surface area contributed by atoms with Crippen molar-refractivity contribution in [1.29, 1.82) is 0 Å². The van der Waals surface area contributed by atoms with Crippen LogP contribution in [0.4, 0.5) is 0 Å². The van der Waals surface area contributed by atoms with Gasteiger partial charge in [0.05, 0.1) is 16.7 Å². The first kappa shape index (κ1) is 21.2. The van der Waals surface area contributed by atoms with E-state index >= 15 is 0 Å². The fourth-order valence-electron chi connectivity index (χ4n) is 5.33. The maximum Gasteiger partial charge on any atom is 0.137 e. The maximum absolute atomic E-state index is 6.38. The van der Waals surface area contributed by atoms with Gasteiger partial charge in [-0.05, 0) is 54.6 Å². The minimum atomic E-state index is 0.754. The van der Waals surface area contributed by atoms with Crippen LogP contribution in [-0.4, -0.2) is 19.3 Å². The van der Waals surface area contributed by atoms with Gasteiger partial charge in [0.25, 0.3) is 0 Å². The Bertz CT molecular complexity index is 2110. The zero-order valence-corrected chi connectivity index (χ0v) is 21.0. The van der Waals surface area contributed by atoms with E-state index in [9.17, 15) is 0 Å². The zero-order valence-electron chi connectivity index (χ0n) is 20.2. The van der Waals surface area contributed by atoms with Crippen LogP contribution in [0.5, 0.6) is 11.5 Å². The number of aromatic nitrogens is 4. The molecule has 0 radical (unpaired) electrons. The van der Waals surface area contributed by atoms with Crippen molar-refractivity contribution in [2.75, 3.05) is 0 Å². The van der Waals surface area contributed by atoms with Gasteiger partial charge in [-0.2, -0.15) is 5.10 Å². The van der Waals surface area contributed by atoms with Crippen molar-refractivity contribution < 1.29 is 4.74 Å². The molecule has 8 rings (SSSR count). The first-order valence-corrected chi connectivity index (χ1v) is 13.2. The van der Waals surface area contributed by atoms with Gasteiger partial charge in [0, 0.05) is 61.7 Å². The number of pyridine rings is 1. The summed E-state index contributed by atoms with van der Waals surface area (Å²) in [5.74, 6) is 2.40. The summed E-state index contributed by atoms with van der Waals surface area (Å²) in [5.41, 5.74) is 3.18. The van der Waals surface area contributed by atoms with Crippen molar-refractivity contribution in [3.63, 3.8) is 0 Å². The fraction of sp³-hybridized carbons (Fsp3) is 0. The fourth-order valence-corrected chi connectivity index (χ4v) is 6.44. The standard InChI is InChI=1S/C32H20N4OS/c1-2-10-28-26(9-1)31-29(38-28)15-14-25-24-13-12-23(20-27(24)36(32(25)31)30-11-3-4-16-33-30)37-22-8-5-7-21(19-22)35-18-6-17-34-35/h1-20H. The van der Waals surface area contributed by atoms with Crippen LogP contribution in [0, 0.1) is 0 Å². The Balaban J connectivity index is 1.37. The van der Waals surface area contributed by atoms with Crippen molar-refractivity contribution >= 4 is 53.3 Å². The molecule has 0 N–H and O–H groups in total. The minimum Gasteiger partial charge on any atom is -0.457 e. The van der Waals surface area contributed by atoms with Crippen molar-refractivity contribution in [3.8, 4) is 23.0 Å². The van der Waals surface area contributed by atoms with Crippen LogP contribution in [0.2, 0.25) is 0 Å². The van der Waals surface area contributed by atoms with E-state index in [4.69, 9.17) is 9.72 Å². The quantitative estimate of drug-likeness (QED) is 0.239. The van der Waals surface area contributed by atoms with Gasteiger partial charge in [-0.3, -0.25) is 4.57 Å². The third-order valence-electron chi connectivity index (χ3n) is 6.94. The lowest BCUT2D eigenvalue weighted by Crippen LogP contribution is -1.97. The zero-order chi connectivity index (χ0) is 25.1. The molecule has 0 fully saturated rings. The molecule has 6 heteroatoms. The van der Waals surface area contributed by atoms with E-state index in [1.165, 1.54) is 36.5 Å². The number of ether oxygens (including phenoxy) is 1. The number of hydrogen-bond donors (Lipinski definition) is 0. The SMILES string of the molecule is c1ccc(-n2c3cc(Oc4cccc(-n5cccn5)c4)ccc3c3ccc4sc5ccccc5c4c32)nc1. The second-order valence-electron chi connectivity index (χ2n) is 9.19. The molecule has 4 heterocycles. The average molecular weight is 509 g/mol. The highest BCUT2D eigenvalue weighted by molar-refractivity contribution is 7.26. The summed E-state index contributed by atoms with van der Waals surface area (Å²) in [7, 11) is 0. The second-order valence-corrected chi connectivity index (χ2v) is 10.3. The summed E-state index contributed by atoms with van der Waals surface area (Å²) >= 11 is 1.83. The summed E-state index contributed by atoms with van der Waals surface area (Å²) in [6.07, 6.45) is 5.54. The lowest BCUT2D eigenvalue weighted by Gasteiger charge is -2.10. The molecule has 8 aromatic rings. The van der Waals surface area contributed by atoms with E-state index in [2.05, 4.69) is 64.3 Å². The molecular formula is C32H20N4OS. The Morgan fingerprint density at radius 1 is 0.658 bits per heavy atom. The van der Waals surface area contributed by atoms with Crippen molar-refractivity contribution in [2.24, 2.45) is 0 Å². The predicted octanol–water partition coefficient (Wildman–Crippen LogP) is 8.52. The number of nitrogens with zero attached hydrogens (tertiary/aromatic N) is 4. The van der Waals surface area contributed by atoms with Gasteiger partial charge < -0.3 is 4.74 Å². The molecule has 0 aliphatic carbocycles. The van der Waals surface area contributed by atoms with Crippen molar-refractivity contribution in [2.45, 2.75) is 0 Å². The van der Waals surface area contributed by atoms with Crippen LogP contribution in [-0.2, 0) is 0 Å². The summed E-state index contributed by atoms with van der Waals surface area (Å²) in [6.45, 7) is 0. The molecule has 0 atom stereocenters. The van der Waals surface area contributed by atoms with E-state index in [1.54, 1.807) is 6.20 Å². The number of thiophene rings is 1. The van der Waals surface area contributed by atoms with E-state index in [0.717, 1.165) is 28.5 Å². The van der Waals surface area contributed by atoms with Crippen molar-refractivity contribution in [3.05, 3.63) is 122 Å². The summed E-state index contributed by atoms with van der Waals surface area (Å²) in [5, 5.41) is 9.24. The van der Waals surface area contributed by atoms with Crippen LogP contribution in [0.3, 0.4) is 0 Å². The molecule has 0 saturated carbocycles. The highest BCUT2D eigenvalue weighted by Gasteiger charge is 2.19. The van der Waals surface area contributed by atoms with Gasteiger partial charge in [-0.25, -0.2) is 9.67 Å². The summed E-state index contributed by atoms with van der Waals surface area (Å²) < 4.78 is 13.0. The molecule has 0 aliphatic rings. The molecule has 5 nitrogen and oxygen atoms in total. The van der Waals surface area contributed by atoms with E-state index in [0.29, 0.717) is 0 Å². The van der Waals surface area contributed by atoms with E-state index < -0.39 is 0 Å². The monoisotopic (exact) mass is 508 g/mol. The molecule has 4 aromatic heterocycles. The molecule has 180 valence electrons. The third kappa shape index (κ3) is 3.24. The van der Waals surface area contributed by atoms with Gasteiger partial charge in [-0.1, -0.05) is 36.4 Å². The molecule has 0 amide bonds. The molecule has 0 aliphatic heterocycles. The van der Waals surface area contributed by atoms with Crippen LogP contribution >= 0.6 is 11.3 Å². The Kier molecular flexibility index (Phi) is 4.62. The highest BCUT2D eigenvalue weighted by atomic mass is 32.1. The Morgan fingerprint density at radius 3 is 2.45 bits per heavy atom. The maximum atomic E-state index is 6.38. The summed E-state index contributed by atoms with van der Waals surface area (Å²) in [4.78, 5) is 4.76. The van der Waals surface area contributed by atoms with Crippen molar-refractivity contribution in [1.82, 2.24) is 19.3 Å². The molecule has 0 saturated heterocycles. The smallest absolute Gasteiger partial charge is 0.137 e. The Hall–Kier alpha value is -4.94. The number of hydrogen-bond acceptors (Lipinski definition) is 4.